The van der Waals surface area contributed by atoms with Crippen molar-refractivity contribution < 1.29 is 4.79 Å². The Bertz CT molecular complexity index is 972. The maximum absolute atomic E-state index is 12.3. The average Bonchev–Trinajstić information content (AvgIpc) is 3.11. The Kier molecular flexibility index (Phi) is 4.88. The van der Waals surface area contributed by atoms with Gasteiger partial charge in [0.05, 0.1) is 22.6 Å². The highest BCUT2D eigenvalue weighted by molar-refractivity contribution is 6.34. The zero-order valence-corrected chi connectivity index (χ0v) is 13.7. The minimum atomic E-state index is -0.565. The van der Waals surface area contributed by atoms with Gasteiger partial charge in [-0.05, 0) is 30.3 Å². The first-order valence-corrected chi connectivity index (χ1v) is 7.70. The third-order valence-electron chi connectivity index (χ3n) is 3.28. The Labute approximate surface area is 149 Å². The quantitative estimate of drug-likeness (QED) is 0.577. The lowest BCUT2D eigenvalue weighted by Crippen LogP contribution is -2.13. The fourth-order valence-corrected chi connectivity index (χ4v) is 2.26. The van der Waals surface area contributed by atoms with E-state index in [0.29, 0.717) is 16.4 Å². The Morgan fingerprint density at radius 2 is 1.88 bits per heavy atom. The van der Waals surface area contributed by atoms with Crippen LogP contribution in [0.3, 0.4) is 0 Å². The molecule has 1 amide bonds. The molecule has 0 fully saturated rings. The highest BCUT2D eigenvalue weighted by Gasteiger charge is 2.12. The van der Waals surface area contributed by atoms with Crippen molar-refractivity contribution in [3.8, 4) is 11.8 Å². The summed E-state index contributed by atoms with van der Waals surface area (Å²) in [5, 5.41) is 20.6. The van der Waals surface area contributed by atoms with Gasteiger partial charge in [-0.15, -0.1) is 5.10 Å². The second kappa shape index (κ2) is 7.43. The van der Waals surface area contributed by atoms with Crippen molar-refractivity contribution in [1.29, 1.82) is 5.26 Å². The Hall–Kier alpha value is -3.43. The maximum Gasteiger partial charge on any atom is 0.266 e. The number of rotatable bonds is 4. The van der Waals surface area contributed by atoms with Crippen molar-refractivity contribution in [2.45, 2.75) is 0 Å². The van der Waals surface area contributed by atoms with E-state index in [1.807, 2.05) is 36.4 Å². The van der Waals surface area contributed by atoms with Crippen LogP contribution < -0.4 is 5.32 Å². The van der Waals surface area contributed by atoms with Gasteiger partial charge >= 0.3 is 0 Å². The van der Waals surface area contributed by atoms with Crippen LogP contribution in [0.4, 0.5) is 5.69 Å². The minimum Gasteiger partial charge on any atom is -0.320 e. The van der Waals surface area contributed by atoms with E-state index in [0.717, 1.165) is 5.69 Å². The summed E-state index contributed by atoms with van der Waals surface area (Å²) in [5.41, 5.74) is 1.51. The lowest BCUT2D eigenvalue weighted by Gasteiger charge is -2.05. The van der Waals surface area contributed by atoms with E-state index in [-0.39, 0.29) is 5.57 Å². The molecular formula is C18H12ClN5O. The molecule has 0 saturated carbocycles. The van der Waals surface area contributed by atoms with Crippen LogP contribution in [-0.2, 0) is 4.79 Å². The highest BCUT2D eigenvalue weighted by atomic mass is 35.5. The second-order valence-electron chi connectivity index (χ2n) is 5.00. The predicted molar refractivity (Wildman–Crippen MR) is 95.0 cm³/mol. The molecule has 0 bridgehead atoms. The molecule has 2 aromatic carbocycles. The molecule has 0 aliphatic carbocycles. The molecule has 0 atom stereocenters. The zero-order valence-electron chi connectivity index (χ0n) is 12.9. The summed E-state index contributed by atoms with van der Waals surface area (Å²) in [6.45, 7) is 0. The first-order chi connectivity index (χ1) is 12.2. The smallest absolute Gasteiger partial charge is 0.266 e. The standard InChI is InChI=1S/C18H12ClN5O/c19-16-8-4-5-9-17(16)22-18(25)13(11-20)10-14-12-21-24(23-14)15-6-2-1-3-7-15/h1-10,12H,(H,22,25). The number of halogens is 1. The van der Waals surface area contributed by atoms with E-state index in [4.69, 9.17) is 11.6 Å². The van der Waals surface area contributed by atoms with Gasteiger partial charge in [0.15, 0.2) is 0 Å². The van der Waals surface area contributed by atoms with E-state index in [1.54, 1.807) is 24.3 Å². The number of amides is 1. The lowest BCUT2D eigenvalue weighted by atomic mass is 10.2. The van der Waals surface area contributed by atoms with Crippen LogP contribution in [0.1, 0.15) is 5.69 Å². The van der Waals surface area contributed by atoms with Crippen LogP contribution in [-0.4, -0.2) is 20.9 Å². The van der Waals surface area contributed by atoms with Crippen LogP contribution in [0.2, 0.25) is 5.02 Å². The van der Waals surface area contributed by atoms with Crippen molar-refractivity contribution in [3.05, 3.63) is 77.1 Å². The number of aromatic nitrogens is 3. The van der Waals surface area contributed by atoms with E-state index in [9.17, 15) is 10.1 Å². The molecule has 0 radical (unpaired) electrons. The third kappa shape index (κ3) is 3.91. The molecule has 0 spiro atoms. The number of anilines is 1. The van der Waals surface area contributed by atoms with E-state index >= 15 is 0 Å². The van der Waals surface area contributed by atoms with Gasteiger partial charge in [-0.3, -0.25) is 4.79 Å². The van der Waals surface area contributed by atoms with Crippen molar-refractivity contribution in [2.75, 3.05) is 5.32 Å². The molecule has 6 nitrogen and oxygen atoms in total. The lowest BCUT2D eigenvalue weighted by molar-refractivity contribution is -0.112. The molecular weight excluding hydrogens is 338 g/mol. The first-order valence-electron chi connectivity index (χ1n) is 7.33. The molecule has 1 N–H and O–H groups in total. The summed E-state index contributed by atoms with van der Waals surface area (Å²) in [4.78, 5) is 13.7. The summed E-state index contributed by atoms with van der Waals surface area (Å²) in [6.07, 6.45) is 2.85. The molecule has 3 aromatic rings. The number of nitrogens with one attached hydrogen (secondary N) is 1. The first kappa shape index (κ1) is 16.4. The number of benzene rings is 2. The molecule has 0 unspecified atom stereocenters. The third-order valence-corrected chi connectivity index (χ3v) is 3.61. The monoisotopic (exact) mass is 349 g/mol. The summed E-state index contributed by atoms with van der Waals surface area (Å²) in [5.74, 6) is -0.565. The second-order valence-corrected chi connectivity index (χ2v) is 5.41. The topological polar surface area (TPSA) is 83.6 Å². The van der Waals surface area contributed by atoms with Crippen molar-refractivity contribution >= 4 is 29.3 Å². The fraction of sp³-hybridized carbons (Fsp3) is 0. The molecule has 122 valence electrons. The largest absolute Gasteiger partial charge is 0.320 e. The summed E-state index contributed by atoms with van der Waals surface area (Å²) in [7, 11) is 0. The highest BCUT2D eigenvalue weighted by Crippen LogP contribution is 2.21. The Morgan fingerprint density at radius 3 is 2.60 bits per heavy atom. The van der Waals surface area contributed by atoms with Crippen molar-refractivity contribution in [3.63, 3.8) is 0 Å². The van der Waals surface area contributed by atoms with Gasteiger partial charge in [-0.25, -0.2) is 0 Å². The number of hydrogen-bond donors (Lipinski definition) is 1. The SMILES string of the molecule is N#CC(=Cc1cnn(-c2ccccc2)n1)C(=O)Nc1ccccc1Cl. The minimum absolute atomic E-state index is 0.0972. The summed E-state index contributed by atoms with van der Waals surface area (Å²) >= 11 is 6.00. The van der Waals surface area contributed by atoms with Gasteiger partial charge in [-0.2, -0.15) is 15.2 Å². The number of nitriles is 1. The number of nitrogens with zero attached hydrogens (tertiary/aromatic N) is 4. The van der Waals surface area contributed by atoms with Crippen LogP contribution in [0.5, 0.6) is 0 Å². The number of carbonyl (C=O) groups excluding carboxylic acids is 1. The molecule has 0 saturated heterocycles. The molecule has 7 heteroatoms. The van der Waals surface area contributed by atoms with E-state index in [1.165, 1.54) is 17.1 Å². The average molecular weight is 350 g/mol. The van der Waals surface area contributed by atoms with Crippen LogP contribution in [0, 0.1) is 11.3 Å². The van der Waals surface area contributed by atoms with Crippen molar-refractivity contribution in [2.24, 2.45) is 0 Å². The van der Waals surface area contributed by atoms with Crippen LogP contribution in [0.25, 0.3) is 11.8 Å². The molecule has 25 heavy (non-hydrogen) atoms. The van der Waals surface area contributed by atoms with Gasteiger partial charge in [-0.1, -0.05) is 41.9 Å². The Morgan fingerprint density at radius 1 is 1.16 bits per heavy atom. The van der Waals surface area contributed by atoms with E-state index < -0.39 is 5.91 Å². The van der Waals surface area contributed by atoms with Crippen LogP contribution in [0.15, 0.2) is 66.4 Å². The fourth-order valence-electron chi connectivity index (χ4n) is 2.08. The van der Waals surface area contributed by atoms with E-state index in [2.05, 4.69) is 15.5 Å². The molecule has 0 aliphatic rings. The van der Waals surface area contributed by atoms with Gasteiger partial charge in [0.25, 0.3) is 5.91 Å². The molecule has 3 rings (SSSR count). The maximum atomic E-state index is 12.3. The van der Waals surface area contributed by atoms with Gasteiger partial charge in [0.1, 0.15) is 17.3 Å². The summed E-state index contributed by atoms with van der Waals surface area (Å²) in [6, 6.07) is 18.0. The van der Waals surface area contributed by atoms with Crippen LogP contribution >= 0.6 is 11.6 Å². The molecule has 1 heterocycles. The number of hydrogen-bond acceptors (Lipinski definition) is 4. The van der Waals surface area contributed by atoms with Gasteiger partial charge in [0.2, 0.25) is 0 Å². The molecule has 1 aromatic heterocycles. The number of carbonyl (C=O) groups is 1. The Balaban J connectivity index is 1.81. The van der Waals surface area contributed by atoms with Gasteiger partial charge < -0.3 is 5.32 Å². The van der Waals surface area contributed by atoms with Gasteiger partial charge in [0, 0.05) is 0 Å². The normalized spacial score (nSPS) is 11.0. The van der Waals surface area contributed by atoms with Crippen molar-refractivity contribution in [1.82, 2.24) is 15.0 Å². The predicted octanol–water partition coefficient (Wildman–Crippen LogP) is 3.47. The zero-order chi connectivity index (χ0) is 17.6. The number of para-hydroxylation sites is 2. The summed E-state index contributed by atoms with van der Waals surface area (Å²) < 4.78 is 0. The molecule has 0 aliphatic heterocycles.